The third kappa shape index (κ3) is 2.87. The molecule has 1 amide bonds. The van der Waals surface area contributed by atoms with Gasteiger partial charge >= 0.3 is 0 Å². The van der Waals surface area contributed by atoms with Crippen molar-refractivity contribution in [3.05, 3.63) is 48.5 Å². The van der Waals surface area contributed by atoms with Gasteiger partial charge in [0.25, 0.3) is 0 Å². The van der Waals surface area contributed by atoms with Crippen molar-refractivity contribution in [3.63, 3.8) is 0 Å². The predicted octanol–water partition coefficient (Wildman–Crippen LogP) is 2.72. The molecule has 1 N–H and O–H groups in total. The molecule has 0 spiro atoms. The molecule has 2 aliphatic heterocycles. The number of piperazine rings is 1. The van der Waals surface area contributed by atoms with Crippen molar-refractivity contribution in [3.8, 4) is 0 Å². The van der Waals surface area contributed by atoms with E-state index in [0.717, 1.165) is 47.3 Å². The van der Waals surface area contributed by atoms with Gasteiger partial charge in [0, 0.05) is 36.0 Å². The van der Waals surface area contributed by atoms with Crippen molar-refractivity contribution in [2.75, 3.05) is 37.6 Å². The highest BCUT2D eigenvalue weighted by molar-refractivity contribution is 7.99. The van der Waals surface area contributed by atoms with Crippen LogP contribution in [-0.2, 0) is 4.79 Å². The highest BCUT2D eigenvalue weighted by Crippen LogP contribution is 2.47. The van der Waals surface area contributed by atoms with Crippen LogP contribution in [0.2, 0.25) is 0 Å². The molecule has 1 fully saturated rings. The summed E-state index contributed by atoms with van der Waals surface area (Å²) in [4.78, 5) is 19.4. The van der Waals surface area contributed by atoms with Gasteiger partial charge in [-0.1, -0.05) is 36.0 Å². The lowest BCUT2D eigenvalue weighted by Crippen LogP contribution is -2.48. The van der Waals surface area contributed by atoms with Gasteiger partial charge in [-0.2, -0.15) is 0 Å². The molecular weight excluding hydrogens is 306 g/mol. The molecule has 2 aliphatic rings. The number of hydrogen-bond donors (Lipinski definition) is 1. The van der Waals surface area contributed by atoms with Crippen LogP contribution in [0.5, 0.6) is 0 Å². The highest BCUT2D eigenvalue weighted by Gasteiger charge is 2.28. The SMILES string of the molecule is O=C(CN1CCNCC1)N1c2ccccc2Sc2ccccc21. The molecule has 0 radical (unpaired) electrons. The molecule has 2 aromatic carbocycles. The maximum Gasteiger partial charge on any atom is 0.245 e. The number of hydrogen-bond acceptors (Lipinski definition) is 4. The standard InChI is InChI=1S/C18H19N3OS/c22-18(13-20-11-9-19-10-12-20)21-14-5-1-3-7-16(14)23-17-8-4-2-6-15(17)21/h1-8,19H,9-13H2. The fourth-order valence-corrected chi connectivity index (χ4v) is 4.16. The number of carbonyl (C=O) groups excluding carboxylic acids is 1. The third-order valence-electron chi connectivity index (χ3n) is 4.25. The fraction of sp³-hybridized carbons (Fsp3) is 0.278. The van der Waals surface area contributed by atoms with E-state index in [4.69, 9.17) is 0 Å². The van der Waals surface area contributed by atoms with E-state index in [9.17, 15) is 4.79 Å². The van der Waals surface area contributed by atoms with Crippen LogP contribution in [0.15, 0.2) is 58.3 Å². The highest BCUT2D eigenvalue weighted by atomic mass is 32.2. The molecule has 4 rings (SSSR count). The van der Waals surface area contributed by atoms with E-state index < -0.39 is 0 Å². The van der Waals surface area contributed by atoms with Gasteiger partial charge in [-0.25, -0.2) is 0 Å². The number of fused-ring (bicyclic) bond motifs is 2. The zero-order chi connectivity index (χ0) is 15.6. The maximum absolute atomic E-state index is 13.0. The van der Waals surface area contributed by atoms with Gasteiger partial charge < -0.3 is 5.32 Å². The topological polar surface area (TPSA) is 35.6 Å². The molecule has 0 bridgehead atoms. The number of nitrogens with one attached hydrogen (secondary N) is 1. The van der Waals surface area contributed by atoms with Crippen LogP contribution in [0.3, 0.4) is 0 Å². The molecule has 0 atom stereocenters. The minimum absolute atomic E-state index is 0.145. The van der Waals surface area contributed by atoms with Crippen molar-refractivity contribution < 1.29 is 4.79 Å². The Labute approximate surface area is 140 Å². The molecule has 2 aromatic rings. The summed E-state index contributed by atoms with van der Waals surface area (Å²) in [6.45, 7) is 4.23. The number of nitrogens with zero attached hydrogens (tertiary/aromatic N) is 2. The molecule has 2 heterocycles. The molecule has 5 heteroatoms. The Bertz CT molecular complexity index is 682. The van der Waals surface area contributed by atoms with Crippen LogP contribution in [0, 0.1) is 0 Å². The molecule has 0 saturated carbocycles. The molecule has 4 nitrogen and oxygen atoms in total. The first-order valence-electron chi connectivity index (χ1n) is 7.95. The summed E-state index contributed by atoms with van der Waals surface area (Å²) in [5.74, 6) is 0.145. The van der Waals surface area contributed by atoms with Crippen LogP contribution in [-0.4, -0.2) is 43.5 Å². The Morgan fingerprint density at radius 3 is 2.13 bits per heavy atom. The largest absolute Gasteiger partial charge is 0.314 e. The predicted molar refractivity (Wildman–Crippen MR) is 93.5 cm³/mol. The molecule has 0 aliphatic carbocycles. The molecule has 23 heavy (non-hydrogen) atoms. The molecule has 0 unspecified atom stereocenters. The maximum atomic E-state index is 13.0. The number of carbonyl (C=O) groups is 1. The summed E-state index contributed by atoms with van der Waals surface area (Å²) < 4.78 is 0. The first-order chi connectivity index (χ1) is 11.3. The summed E-state index contributed by atoms with van der Waals surface area (Å²) in [7, 11) is 0. The summed E-state index contributed by atoms with van der Waals surface area (Å²) in [5, 5.41) is 3.33. The first-order valence-corrected chi connectivity index (χ1v) is 8.76. The summed E-state index contributed by atoms with van der Waals surface area (Å²) >= 11 is 1.73. The average Bonchev–Trinajstić information content (AvgIpc) is 2.60. The van der Waals surface area contributed by atoms with E-state index in [1.54, 1.807) is 11.8 Å². The molecular formula is C18H19N3OS. The summed E-state index contributed by atoms with van der Waals surface area (Å²) in [6.07, 6.45) is 0. The summed E-state index contributed by atoms with van der Waals surface area (Å²) in [5.41, 5.74) is 1.99. The van der Waals surface area contributed by atoms with Crippen molar-refractivity contribution in [2.45, 2.75) is 9.79 Å². The van der Waals surface area contributed by atoms with E-state index >= 15 is 0 Å². The minimum Gasteiger partial charge on any atom is -0.314 e. The molecule has 118 valence electrons. The van der Waals surface area contributed by atoms with Gasteiger partial charge in [0.2, 0.25) is 5.91 Å². The zero-order valence-electron chi connectivity index (χ0n) is 12.9. The van der Waals surface area contributed by atoms with E-state index in [2.05, 4.69) is 22.3 Å². The number of rotatable bonds is 2. The number of anilines is 2. The Morgan fingerprint density at radius 1 is 0.957 bits per heavy atom. The van der Waals surface area contributed by atoms with Crippen LogP contribution in [0.4, 0.5) is 11.4 Å². The summed E-state index contributed by atoms with van der Waals surface area (Å²) in [6, 6.07) is 16.3. The van der Waals surface area contributed by atoms with Gasteiger partial charge in [-0.05, 0) is 24.3 Å². The van der Waals surface area contributed by atoms with Gasteiger partial charge in [-0.3, -0.25) is 14.6 Å². The van der Waals surface area contributed by atoms with Crippen molar-refractivity contribution in [2.24, 2.45) is 0 Å². The Balaban J connectivity index is 1.67. The van der Waals surface area contributed by atoms with E-state index in [1.807, 2.05) is 41.3 Å². The second-order valence-corrected chi connectivity index (χ2v) is 6.88. The van der Waals surface area contributed by atoms with Crippen molar-refractivity contribution >= 4 is 29.0 Å². The normalized spacial score (nSPS) is 17.5. The molecule has 0 aromatic heterocycles. The van der Waals surface area contributed by atoms with Gasteiger partial charge in [-0.15, -0.1) is 0 Å². The Morgan fingerprint density at radius 2 is 1.52 bits per heavy atom. The average molecular weight is 325 g/mol. The fourth-order valence-electron chi connectivity index (χ4n) is 3.10. The smallest absolute Gasteiger partial charge is 0.245 e. The quantitative estimate of drug-likeness (QED) is 0.921. The monoisotopic (exact) mass is 325 g/mol. The van der Waals surface area contributed by atoms with Crippen molar-refractivity contribution in [1.82, 2.24) is 10.2 Å². The second-order valence-electron chi connectivity index (χ2n) is 5.79. The third-order valence-corrected chi connectivity index (χ3v) is 5.38. The Kier molecular flexibility index (Phi) is 4.08. The van der Waals surface area contributed by atoms with Gasteiger partial charge in [0.15, 0.2) is 0 Å². The second kappa shape index (κ2) is 6.35. The molecule has 1 saturated heterocycles. The lowest BCUT2D eigenvalue weighted by molar-refractivity contribution is -0.119. The number of para-hydroxylation sites is 2. The number of benzene rings is 2. The van der Waals surface area contributed by atoms with Crippen LogP contribution < -0.4 is 10.2 Å². The van der Waals surface area contributed by atoms with Crippen LogP contribution in [0.1, 0.15) is 0 Å². The van der Waals surface area contributed by atoms with Gasteiger partial charge in [0.05, 0.1) is 17.9 Å². The van der Waals surface area contributed by atoms with Gasteiger partial charge in [0.1, 0.15) is 0 Å². The Hall–Kier alpha value is -1.82. The van der Waals surface area contributed by atoms with Crippen LogP contribution >= 0.6 is 11.8 Å². The zero-order valence-corrected chi connectivity index (χ0v) is 13.7. The first kappa shape index (κ1) is 14.8. The van der Waals surface area contributed by atoms with Crippen molar-refractivity contribution in [1.29, 1.82) is 0 Å². The van der Waals surface area contributed by atoms with E-state index in [0.29, 0.717) is 6.54 Å². The van der Waals surface area contributed by atoms with Crippen LogP contribution in [0.25, 0.3) is 0 Å². The van der Waals surface area contributed by atoms with E-state index in [-0.39, 0.29) is 5.91 Å². The minimum atomic E-state index is 0.145. The lowest BCUT2D eigenvalue weighted by atomic mass is 10.2. The van der Waals surface area contributed by atoms with E-state index in [1.165, 1.54) is 0 Å². The number of amides is 1. The lowest BCUT2D eigenvalue weighted by Gasteiger charge is -2.34.